The Hall–Kier alpha value is -0.860. The summed E-state index contributed by atoms with van der Waals surface area (Å²) in [5.41, 5.74) is 8.92. The molecule has 0 saturated carbocycles. The molecule has 2 heterocycles. The van der Waals surface area contributed by atoms with E-state index in [1.54, 1.807) is 0 Å². The molecule has 1 aromatic carbocycles. The van der Waals surface area contributed by atoms with Crippen LogP contribution in [0.15, 0.2) is 29.3 Å². The van der Waals surface area contributed by atoms with Gasteiger partial charge in [-0.2, -0.15) is 0 Å². The third kappa shape index (κ3) is 5.82. The minimum atomic E-state index is -0.462. The van der Waals surface area contributed by atoms with Gasteiger partial charge in [0.1, 0.15) is 0 Å². The lowest BCUT2D eigenvalue weighted by molar-refractivity contribution is 0.111. The van der Waals surface area contributed by atoms with E-state index < -0.39 is 6.10 Å². The third-order valence-electron chi connectivity index (χ3n) is 5.12. The van der Waals surface area contributed by atoms with Crippen molar-refractivity contribution >= 4 is 29.9 Å². The van der Waals surface area contributed by atoms with E-state index in [-0.39, 0.29) is 24.0 Å². The Bertz CT molecular complexity index is 580. The first-order valence-electron chi connectivity index (χ1n) is 9.14. The molecule has 140 valence electrons. The van der Waals surface area contributed by atoms with Crippen LogP contribution in [0.2, 0.25) is 0 Å². The Balaban J connectivity index is 0.00000225. The molecule has 0 bridgehead atoms. The van der Waals surface area contributed by atoms with Crippen LogP contribution in [0.4, 0.5) is 0 Å². The number of β-amino-alcohol motifs (C(OH)–C–C–N with tert-alkyl or cyclic N) is 1. The number of likely N-dealkylation sites (tertiary alicyclic amines) is 1. The highest BCUT2D eigenvalue weighted by Gasteiger charge is 2.20. The van der Waals surface area contributed by atoms with Crippen molar-refractivity contribution in [2.24, 2.45) is 16.6 Å². The number of halogens is 1. The fourth-order valence-electron chi connectivity index (χ4n) is 3.76. The first-order valence-corrected chi connectivity index (χ1v) is 9.14. The molecule has 0 radical (unpaired) electrons. The quantitative estimate of drug-likeness (QED) is 0.412. The zero-order valence-electron chi connectivity index (χ0n) is 15.1. The average molecular weight is 458 g/mol. The van der Waals surface area contributed by atoms with Crippen LogP contribution in [0.1, 0.15) is 30.9 Å². The Kier molecular flexibility index (Phi) is 7.96. The van der Waals surface area contributed by atoms with E-state index in [1.807, 2.05) is 0 Å². The Morgan fingerprint density at radius 2 is 2.08 bits per heavy atom. The summed E-state index contributed by atoms with van der Waals surface area (Å²) in [6, 6.07) is 8.57. The second-order valence-electron chi connectivity index (χ2n) is 7.30. The fraction of sp³-hybridized carbons (Fsp3) is 0.632. The van der Waals surface area contributed by atoms with Crippen molar-refractivity contribution in [3.63, 3.8) is 0 Å². The van der Waals surface area contributed by atoms with Crippen molar-refractivity contribution in [1.82, 2.24) is 9.80 Å². The van der Waals surface area contributed by atoms with Gasteiger partial charge < -0.3 is 15.7 Å². The summed E-state index contributed by atoms with van der Waals surface area (Å²) >= 11 is 0. The summed E-state index contributed by atoms with van der Waals surface area (Å²) in [5, 5.41) is 10.3. The van der Waals surface area contributed by atoms with Gasteiger partial charge in [-0.05, 0) is 36.3 Å². The molecule has 25 heavy (non-hydrogen) atoms. The summed E-state index contributed by atoms with van der Waals surface area (Å²) in [4.78, 5) is 8.89. The van der Waals surface area contributed by atoms with Crippen LogP contribution >= 0.6 is 24.0 Å². The predicted molar refractivity (Wildman–Crippen MR) is 113 cm³/mol. The van der Waals surface area contributed by atoms with Gasteiger partial charge in [0.25, 0.3) is 0 Å². The van der Waals surface area contributed by atoms with Crippen LogP contribution in [0.25, 0.3) is 0 Å². The lowest BCUT2D eigenvalue weighted by Crippen LogP contribution is -2.44. The second-order valence-corrected chi connectivity index (χ2v) is 7.30. The number of aliphatic hydroxyl groups is 1. The molecule has 1 fully saturated rings. The molecule has 1 aromatic rings. The van der Waals surface area contributed by atoms with Gasteiger partial charge in [0.15, 0.2) is 5.96 Å². The number of hydrogen-bond donors (Lipinski definition) is 2. The highest BCUT2D eigenvalue weighted by Crippen LogP contribution is 2.18. The second kappa shape index (κ2) is 9.73. The molecular formula is C19H31IN4O. The Morgan fingerprint density at radius 3 is 2.84 bits per heavy atom. The van der Waals surface area contributed by atoms with Crippen molar-refractivity contribution in [1.29, 1.82) is 0 Å². The number of nitrogens with two attached hydrogens (primary N) is 1. The van der Waals surface area contributed by atoms with E-state index in [4.69, 9.17) is 5.73 Å². The standard InChI is InChI=1S/C19H30N4O.HI/c1-15-5-4-9-23(12-15)19(20)21-11-18(24)14-22-10-8-16-6-2-3-7-17(16)13-22;/h2-3,6-7,15,18,24H,4-5,8-14H2,1H3,(H2,20,21);1H. The van der Waals surface area contributed by atoms with Crippen molar-refractivity contribution in [3.8, 4) is 0 Å². The van der Waals surface area contributed by atoms with Gasteiger partial charge in [-0.15, -0.1) is 24.0 Å². The molecule has 0 aromatic heterocycles. The number of fused-ring (bicyclic) bond motifs is 1. The van der Waals surface area contributed by atoms with Crippen LogP contribution in [-0.2, 0) is 13.0 Å². The molecule has 2 unspecified atom stereocenters. The van der Waals surface area contributed by atoms with Gasteiger partial charge in [0, 0.05) is 32.7 Å². The maximum Gasteiger partial charge on any atom is 0.191 e. The van der Waals surface area contributed by atoms with E-state index in [0.29, 0.717) is 25.0 Å². The van der Waals surface area contributed by atoms with E-state index in [2.05, 4.69) is 46.0 Å². The van der Waals surface area contributed by atoms with Gasteiger partial charge in [-0.25, -0.2) is 0 Å². The summed E-state index contributed by atoms with van der Waals surface area (Å²) in [6.45, 7) is 7.17. The number of hydrogen-bond acceptors (Lipinski definition) is 3. The van der Waals surface area contributed by atoms with E-state index in [9.17, 15) is 5.11 Å². The summed E-state index contributed by atoms with van der Waals surface area (Å²) in [6.07, 6.45) is 3.03. The normalized spacial score (nSPS) is 22.9. The van der Waals surface area contributed by atoms with Crippen molar-refractivity contribution in [2.45, 2.75) is 38.8 Å². The number of benzene rings is 1. The predicted octanol–water partition coefficient (Wildman–Crippen LogP) is 2.07. The van der Waals surface area contributed by atoms with E-state index >= 15 is 0 Å². The van der Waals surface area contributed by atoms with E-state index in [1.165, 1.54) is 24.0 Å². The average Bonchev–Trinajstić information content (AvgIpc) is 2.59. The molecule has 2 aliphatic heterocycles. The fourth-order valence-corrected chi connectivity index (χ4v) is 3.76. The molecule has 5 nitrogen and oxygen atoms in total. The molecule has 2 aliphatic rings. The van der Waals surface area contributed by atoms with Gasteiger partial charge in [-0.1, -0.05) is 31.2 Å². The summed E-state index contributed by atoms with van der Waals surface area (Å²) < 4.78 is 0. The molecule has 6 heteroatoms. The Morgan fingerprint density at radius 1 is 1.32 bits per heavy atom. The van der Waals surface area contributed by atoms with Crippen LogP contribution in [-0.4, -0.2) is 59.7 Å². The van der Waals surface area contributed by atoms with Crippen molar-refractivity contribution in [2.75, 3.05) is 32.7 Å². The molecular weight excluding hydrogens is 427 g/mol. The molecule has 3 N–H and O–H groups in total. The van der Waals surface area contributed by atoms with Crippen molar-refractivity contribution in [3.05, 3.63) is 35.4 Å². The third-order valence-corrected chi connectivity index (χ3v) is 5.12. The number of aliphatic hydroxyl groups excluding tert-OH is 1. The Labute approximate surface area is 168 Å². The molecule has 0 aliphatic carbocycles. The van der Waals surface area contributed by atoms with Gasteiger partial charge >= 0.3 is 0 Å². The minimum Gasteiger partial charge on any atom is -0.390 e. The van der Waals surface area contributed by atoms with Gasteiger partial charge in [-0.3, -0.25) is 9.89 Å². The number of piperidine rings is 1. The van der Waals surface area contributed by atoms with Crippen LogP contribution < -0.4 is 5.73 Å². The zero-order chi connectivity index (χ0) is 16.9. The highest BCUT2D eigenvalue weighted by molar-refractivity contribution is 14.0. The summed E-state index contributed by atoms with van der Waals surface area (Å²) in [5.74, 6) is 1.26. The highest BCUT2D eigenvalue weighted by atomic mass is 127. The lowest BCUT2D eigenvalue weighted by Gasteiger charge is -2.32. The van der Waals surface area contributed by atoms with Crippen LogP contribution in [0.3, 0.4) is 0 Å². The lowest BCUT2D eigenvalue weighted by atomic mass is 10.00. The SMILES string of the molecule is CC1CCCN(C(N)=NCC(O)CN2CCc3ccccc3C2)C1.I. The smallest absolute Gasteiger partial charge is 0.191 e. The minimum absolute atomic E-state index is 0. The van der Waals surface area contributed by atoms with Crippen LogP contribution in [0, 0.1) is 5.92 Å². The molecule has 2 atom stereocenters. The first kappa shape index (κ1) is 20.5. The van der Waals surface area contributed by atoms with E-state index in [0.717, 1.165) is 32.6 Å². The van der Waals surface area contributed by atoms with Crippen molar-refractivity contribution < 1.29 is 5.11 Å². The zero-order valence-corrected chi connectivity index (χ0v) is 17.4. The van der Waals surface area contributed by atoms with Gasteiger partial charge in [0.2, 0.25) is 0 Å². The molecule has 0 amide bonds. The van der Waals surface area contributed by atoms with Crippen LogP contribution in [0.5, 0.6) is 0 Å². The molecule has 1 saturated heterocycles. The number of rotatable bonds is 4. The topological polar surface area (TPSA) is 65.1 Å². The molecule has 0 spiro atoms. The maximum absolute atomic E-state index is 10.3. The summed E-state index contributed by atoms with van der Waals surface area (Å²) in [7, 11) is 0. The van der Waals surface area contributed by atoms with Gasteiger partial charge in [0.05, 0.1) is 12.6 Å². The molecule has 3 rings (SSSR count). The monoisotopic (exact) mass is 458 g/mol. The first-order chi connectivity index (χ1) is 11.6. The number of nitrogens with zero attached hydrogens (tertiary/aromatic N) is 3. The largest absolute Gasteiger partial charge is 0.390 e. The number of aliphatic imine (C=N–C) groups is 1. The maximum atomic E-state index is 10.3. The number of guanidine groups is 1.